The third-order valence-corrected chi connectivity index (χ3v) is 19.4. The highest BCUT2D eigenvalue weighted by Crippen LogP contribution is 2.68. The first-order valence-electron chi connectivity index (χ1n) is 25.3. The van der Waals surface area contributed by atoms with E-state index in [1.807, 2.05) is 74.5 Å². The summed E-state index contributed by atoms with van der Waals surface area (Å²) in [7, 11) is 0. The fourth-order valence-electron chi connectivity index (χ4n) is 16.1. The van der Waals surface area contributed by atoms with Gasteiger partial charge < -0.3 is 29.5 Å². The second-order valence-corrected chi connectivity index (χ2v) is 22.7. The molecule has 1 spiro atoms. The maximum atomic E-state index is 15.0. The number of hydrogen-bond acceptors (Lipinski definition) is 7. The lowest BCUT2D eigenvalue weighted by atomic mass is 9.43. The highest BCUT2D eigenvalue weighted by Gasteiger charge is 2.63. The molecule has 344 valence electrons. The summed E-state index contributed by atoms with van der Waals surface area (Å²) < 4.78 is 14.4. The van der Waals surface area contributed by atoms with Crippen molar-refractivity contribution >= 4 is 17.8 Å². The monoisotopic (exact) mass is 866 g/mol. The first-order valence-corrected chi connectivity index (χ1v) is 25.3. The van der Waals surface area contributed by atoms with Gasteiger partial charge in [-0.25, -0.2) is 9.59 Å². The zero-order chi connectivity index (χ0) is 44.3. The minimum Gasteiger partial charge on any atom is -0.458 e. The summed E-state index contributed by atoms with van der Waals surface area (Å²) in [4.78, 5) is 43.7. The van der Waals surface area contributed by atoms with Crippen LogP contribution in [-0.4, -0.2) is 82.1 Å². The van der Waals surface area contributed by atoms with E-state index in [2.05, 4.69) is 26.1 Å². The van der Waals surface area contributed by atoms with Crippen LogP contribution in [0.15, 0.2) is 60.7 Å². The number of ether oxygens (including phenoxy) is 2. The third kappa shape index (κ3) is 7.79. The van der Waals surface area contributed by atoms with Gasteiger partial charge in [0.05, 0.1) is 37.4 Å². The van der Waals surface area contributed by atoms with E-state index in [-0.39, 0.29) is 41.0 Å². The molecule has 2 bridgehead atoms. The molecule has 9 heteroatoms. The first-order chi connectivity index (χ1) is 30.2. The van der Waals surface area contributed by atoms with Gasteiger partial charge in [-0.1, -0.05) is 95.3 Å². The maximum Gasteiger partial charge on any atom is 0.360 e. The number of carbonyl (C=O) groups is 3. The first kappa shape index (κ1) is 44.9. The Hall–Kier alpha value is -3.27. The van der Waals surface area contributed by atoms with Gasteiger partial charge in [0, 0.05) is 56.1 Å². The number of nitrogens with zero attached hydrogens (tertiary/aromatic N) is 1. The van der Waals surface area contributed by atoms with Crippen molar-refractivity contribution in [3.63, 3.8) is 0 Å². The lowest BCUT2D eigenvalue weighted by Gasteiger charge is -2.62. The minimum atomic E-state index is -1.86. The highest BCUT2D eigenvalue weighted by atomic mass is 16.6. The smallest absolute Gasteiger partial charge is 0.360 e. The average molecular weight is 866 g/mol. The number of nitrogens with one attached hydrogen (secondary N) is 1. The molecular formula is C54H77N2O7+. The molecule has 13 atom stereocenters. The van der Waals surface area contributed by atoms with Crippen molar-refractivity contribution in [2.24, 2.45) is 52.3 Å². The molecule has 0 radical (unpaired) electrons. The average Bonchev–Trinajstić information content (AvgIpc) is 3.94. The summed E-state index contributed by atoms with van der Waals surface area (Å²) in [5.74, 6) is 0.699. The van der Waals surface area contributed by atoms with Crippen molar-refractivity contribution in [3.05, 3.63) is 71.8 Å². The number of benzene rings is 2. The van der Waals surface area contributed by atoms with Crippen molar-refractivity contribution in [3.8, 4) is 0 Å². The van der Waals surface area contributed by atoms with E-state index < -0.39 is 23.6 Å². The molecule has 7 fully saturated rings. The van der Waals surface area contributed by atoms with Crippen molar-refractivity contribution in [1.29, 1.82) is 0 Å². The second kappa shape index (κ2) is 17.5. The van der Waals surface area contributed by atoms with Crippen LogP contribution in [0, 0.1) is 52.3 Å². The van der Waals surface area contributed by atoms with Crippen LogP contribution in [0.25, 0.3) is 0 Å². The van der Waals surface area contributed by atoms with Crippen LogP contribution in [-0.2, 0) is 29.5 Å². The zero-order valence-electron chi connectivity index (χ0n) is 38.9. The van der Waals surface area contributed by atoms with Gasteiger partial charge >= 0.3 is 11.9 Å². The summed E-state index contributed by atoms with van der Waals surface area (Å²) in [6.07, 6.45) is 14.8. The van der Waals surface area contributed by atoms with E-state index in [0.29, 0.717) is 71.6 Å². The molecule has 63 heavy (non-hydrogen) atoms. The predicted octanol–water partition coefficient (Wildman–Crippen LogP) is 8.87. The highest BCUT2D eigenvalue weighted by molar-refractivity contribution is 5.91. The van der Waals surface area contributed by atoms with Crippen LogP contribution in [0.5, 0.6) is 0 Å². The number of hydrogen-bond donors (Lipinski definition) is 3. The summed E-state index contributed by atoms with van der Waals surface area (Å²) >= 11 is 0. The van der Waals surface area contributed by atoms with Crippen molar-refractivity contribution in [1.82, 2.24) is 5.32 Å². The molecule has 3 N–H and O–H groups in total. The number of quaternary nitrogens is 1. The number of esters is 2. The molecule has 4 aliphatic carbocycles. The van der Waals surface area contributed by atoms with Crippen LogP contribution in [0.4, 0.5) is 0 Å². The van der Waals surface area contributed by atoms with Crippen molar-refractivity contribution < 1.29 is 38.6 Å². The molecule has 7 aliphatic rings. The standard InChI is InChI=1S/C54H76N2O7/c1-34(2)49(55-47(59)23-18-35(3)43-21-22-44-48-45(25-27-53(43,44)5)52(4)26-24-41(57)30-38(52)31-46(48)58)50(60)63-54(36-14-8-6-9-15-36,37-16-10-7-11-17-37)51(61)62-42-32-39-19-20-40(33-42)56(39)28-12-13-29-56/h6-11,14-17,34-35,38-46,48-49,57-58H,12-13,18-33H2,1-5H3/p+1/t35-,38?,39?,40?,41-,42?,43?,44?,45?,46-,48?,49+,52+,53-/m1/s1. The lowest BCUT2D eigenvalue weighted by Crippen LogP contribution is -2.60. The van der Waals surface area contributed by atoms with Gasteiger partial charge in [-0.3, -0.25) is 4.79 Å². The maximum absolute atomic E-state index is 15.0. The molecule has 2 aromatic carbocycles. The van der Waals surface area contributed by atoms with E-state index in [4.69, 9.17) is 9.47 Å². The molecular weight excluding hydrogens is 789 g/mol. The SMILES string of the molecule is CC(C)[C@H](NC(=O)CC[C@@H](C)C1CCC2C3C(CC[C@@]21C)[C@@]1(C)CC[C@@H](O)CC1C[C@H]3O)C(=O)OC(C(=O)OC1CC2CCC(C1)[N+]21CCCC1)(c1ccccc1)c1ccccc1. The molecule has 0 aromatic heterocycles. The molecule has 4 saturated carbocycles. The van der Waals surface area contributed by atoms with E-state index in [1.54, 1.807) is 0 Å². The Morgan fingerprint density at radius 1 is 0.778 bits per heavy atom. The number of piperidine rings is 1. The molecule has 9 nitrogen and oxygen atoms in total. The van der Waals surface area contributed by atoms with Gasteiger partial charge in [-0.05, 0) is 110 Å². The molecule has 9 rings (SSSR count). The van der Waals surface area contributed by atoms with E-state index in [9.17, 15) is 19.8 Å². The summed E-state index contributed by atoms with van der Waals surface area (Å²) in [6.45, 7) is 13.5. The van der Waals surface area contributed by atoms with Crippen LogP contribution in [0.1, 0.15) is 148 Å². The van der Waals surface area contributed by atoms with E-state index in [1.165, 1.54) is 43.3 Å². The number of aliphatic hydroxyl groups is 2. The van der Waals surface area contributed by atoms with Crippen LogP contribution < -0.4 is 5.32 Å². The predicted molar refractivity (Wildman–Crippen MR) is 243 cm³/mol. The Morgan fingerprint density at radius 3 is 2.00 bits per heavy atom. The number of rotatable bonds is 12. The van der Waals surface area contributed by atoms with E-state index in [0.717, 1.165) is 64.2 Å². The quantitative estimate of drug-likeness (QED) is 0.144. The largest absolute Gasteiger partial charge is 0.458 e. The van der Waals surface area contributed by atoms with Crippen molar-refractivity contribution in [2.75, 3.05) is 13.1 Å². The molecule has 7 unspecified atom stereocenters. The van der Waals surface area contributed by atoms with Gasteiger partial charge in [0.2, 0.25) is 5.91 Å². The summed E-state index contributed by atoms with van der Waals surface area (Å²) in [6, 6.07) is 18.5. The third-order valence-electron chi connectivity index (χ3n) is 19.4. The number of aliphatic hydroxyl groups excluding tert-OH is 2. The van der Waals surface area contributed by atoms with Gasteiger partial charge in [0.1, 0.15) is 12.1 Å². The number of carbonyl (C=O) groups excluding carboxylic acids is 3. The van der Waals surface area contributed by atoms with Gasteiger partial charge in [-0.15, -0.1) is 0 Å². The molecule has 2 aromatic rings. The van der Waals surface area contributed by atoms with Crippen LogP contribution >= 0.6 is 0 Å². The fourth-order valence-corrected chi connectivity index (χ4v) is 16.1. The van der Waals surface area contributed by atoms with Crippen LogP contribution in [0.2, 0.25) is 0 Å². The molecule has 1 amide bonds. The normalized spacial score (nSPS) is 37.7. The second-order valence-electron chi connectivity index (χ2n) is 22.7. The number of amides is 1. The lowest BCUT2D eigenvalue weighted by molar-refractivity contribution is -0.956. The molecule has 3 saturated heterocycles. The van der Waals surface area contributed by atoms with Gasteiger partial charge in [0.15, 0.2) is 0 Å². The van der Waals surface area contributed by atoms with Crippen molar-refractivity contribution in [2.45, 2.75) is 179 Å². The molecule has 3 heterocycles. The fraction of sp³-hybridized carbons (Fsp3) is 0.722. The minimum absolute atomic E-state index is 0.112. The molecule has 3 aliphatic heterocycles. The Labute approximate surface area is 377 Å². The van der Waals surface area contributed by atoms with E-state index >= 15 is 4.79 Å². The Balaban J connectivity index is 0.884. The zero-order valence-corrected chi connectivity index (χ0v) is 38.9. The van der Waals surface area contributed by atoms with Gasteiger partial charge in [-0.2, -0.15) is 0 Å². The Kier molecular flexibility index (Phi) is 12.5. The number of fused-ring (bicyclic) bond motifs is 5. The van der Waals surface area contributed by atoms with Crippen LogP contribution in [0.3, 0.4) is 0 Å². The van der Waals surface area contributed by atoms with Gasteiger partial charge in [0.25, 0.3) is 5.60 Å². The summed E-state index contributed by atoms with van der Waals surface area (Å²) in [5, 5.41) is 25.3. The topological polar surface area (TPSA) is 122 Å². The summed E-state index contributed by atoms with van der Waals surface area (Å²) in [5.41, 5.74) is -0.526. The Bertz CT molecular complexity index is 1900. The Morgan fingerprint density at radius 2 is 1.38 bits per heavy atom.